The molecule has 1 aliphatic rings. The van der Waals surface area contributed by atoms with E-state index in [0.717, 1.165) is 17.1 Å². The van der Waals surface area contributed by atoms with E-state index in [2.05, 4.69) is 10.1 Å². The first-order valence-electron chi connectivity index (χ1n) is 9.33. The van der Waals surface area contributed by atoms with Gasteiger partial charge in [0.2, 0.25) is 0 Å². The molecule has 0 atom stereocenters. The van der Waals surface area contributed by atoms with Crippen LogP contribution in [0.2, 0.25) is 0 Å². The molecule has 0 bridgehead atoms. The topological polar surface area (TPSA) is 67.1 Å². The lowest BCUT2D eigenvalue weighted by molar-refractivity contribution is -0.136. The predicted octanol–water partition coefficient (Wildman–Crippen LogP) is 4.33. The summed E-state index contributed by atoms with van der Waals surface area (Å²) in [6, 6.07) is 11.3. The standard InChI is InChI=1S/C20H17F3N4O2/c21-20(22,23)13-4-3-7-16-17(13)18(25-29-16)26-10-8-12(9-11-26)27-15-6-2-1-5-14(15)24-19(27)28/h1-7,12H,8-11H2,(H,24,28). The van der Waals surface area contributed by atoms with Crippen LogP contribution in [0.15, 0.2) is 51.8 Å². The van der Waals surface area contributed by atoms with Gasteiger partial charge in [-0.15, -0.1) is 0 Å². The number of imidazole rings is 1. The average molecular weight is 402 g/mol. The van der Waals surface area contributed by atoms with E-state index in [9.17, 15) is 18.0 Å². The van der Waals surface area contributed by atoms with Crippen LogP contribution in [-0.4, -0.2) is 27.8 Å². The van der Waals surface area contributed by atoms with Crippen LogP contribution in [0.3, 0.4) is 0 Å². The summed E-state index contributed by atoms with van der Waals surface area (Å²) >= 11 is 0. The lowest BCUT2D eigenvalue weighted by Gasteiger charge is -2.32. The third-order valence-corrected chi connectivity index (χ3v) is 5.54. The normalized spacial score (nSPS) is 16.2. The number of fused-ring (bicyclic) bond motifs is 2. The molecule has 0 aliphatic carbocycles. The molecule has 0 amide bonds. The van der Waals surface area contributed by atoms with Crippen molar-refractivity contribution in [3.05, 3.63) is 58.5 Å². The molecule has 1 saturated heterocycles. The molecule has 5 rings (SSSR count). The van der Waals surface area contributed by atoms with Crippen molar-refractivity contribution in [1.29, 1.82) is 0 Å². The zero-order valence-corrected chi connectivity index (χ0v) is 15.2. The predicted molar refractivity (Wildman–Crippen MR) is 102 cm³/mol. The lowest BCUT2D eigenvalue weighted by Crippen LogP contribution is -2.37. The molecule has 2 aromatic heterocycles. The average Bonchev–Trinajstić information content (AvgIpc) is 3.27. The number of aromatic nitrogens is 3. The molecular formula is C20H17F3N4O2. The van der Waals surface area contributed by atoms with Crippen molar-refractivity contribution in [2.75, 3.05) is 18.0 Å². The van der Waals surface area contributed by atoms with Gasteiger partial charge in [-0.05, 0) is 37.1 Å². The van der Waals surface area contributed by atoms with Gasteiger partial charge in [-0.25, -0.2) is 4.79 Å². The Morgan fingerprint density at radius 3 is 2.59 bits per heavy atom. The van der Waals surface area contributed by atoms with Gasteiger partial charge in [0.25, 0.3) is 0 Å². The number of hydrogen-bond donors (Lipinski definition) is 1. The number of hydrogen-bond acceptors (Lipinski definition) is 4. The van der Waals surface area contributed by atoms with E-state index in [4.69, 9.17) is 4.52 Å². The number of piperidine rings is 1. The Balaban J connectivity index is 1.46. The van der Waals surface area contributed by atoms with Gasteiger partial charge in [-0.3, -0.25) is 4.57 Å². The van der Waals surface area contributed by atoms with E-state index < -0.39 is 11.7 Å². The molecular weight excluding hydrogens is 385 g/mol. The van der Waals surface area contributed by atoms with Crippen LogP contribution in [0.5, 0.6) is 0 Å². The maximum Gasteiger partial charge on any atom is 0.417 e. The Morgan fingerprint density at radius 2 is 1.83 bits per heavy atom. The van der Waals surface area contributed by atoms with Crippen molar-refractivity contribution < 1.29 is 17.7 Å². The molecule has 1 aliphatic heterocycles. The van der Waals surface area contributed by atoms with Gasteiger partial charge in [0.1, 0.15) is 0 Å². The fourth-order valence-electron chi connectivity index (χ4n) is 4.20. The Bertz CT molecular complexity index is 1250. The summed E-state index contributed by atoms with van der Waals surface area (Å²) in [4.78, 5) is 17.1. The zero-order valence-electron chi connectivity index (χ0n) is 15.2. The van der Waals surface area contributed by atoms with Gasteiger partial charge in [-0.1, -0.05) is 23.4 Å². The molecule has 0 spiro atoms. The van der Waals surface area contributed by atoms with Crippen molar-refractivity contribution >= 4 is 27.8 Å². The molecule has 150 valence electrons. The quantitative estimate of drug-likeness (QED) is 0.542. The Hall–Kier alpha value is -3.23. The number of nitrogens with zero attached hydrogens (tertiary/aromatic N) is 3. The van der Waals surface area contributed by atoms with E-state index >= 15 is 0 Å². The number of H-pyrrole nitrogens is 1. The number of anilines is 1. The second-order valence-electron chi connectivity index (χ2n) is 7.22. The van der Waals surface area contributed by atoms with Crippen molar-refractivity contribution in [3.8, 4) is 0 Å². The van der Waals surface area contributed by atoms with E-state index in [0.29, 0.717) is 25.9 Å². The van der Waals surface area contributed by atoms with E-state index in [1.54, 1.807) is 9.47 Å². The van der Waals surface area contributed by atoms with Gasteiger partial charge >= 0.3 is 11.9 Å². The fourth-order valence-corrected chi connectivity index (χ4v) is 4.20. The van der Waals surface area contributed by atoms with Crippen LogP contribution in [0.25, 0.3) is 22.0 Å². The van der Waals surface area contributed by atoms with Gasteiger partial charge < -0.3 is 14.4 Å². The second kappa shape index (κ2) is 6.40. The van der Waals surface area contributed by atoms with Crippen molar-refractivity contribution in [3.63, 3.8) is 0 Å². The zero-order chi connectivity index (χ0) is 20.2. The van der Waals surface area contributed by atoms with Gasteiger partial charge in [0.15, 0.2) is 11.4 Å². The van der Waals surface area contributed by atoms with E-state index in [-0.39, 0.29) is 28.5 Å². The molecule has 9 heteroatoms. The molecule has 29 heavy (non-hydrogen) atoms. The molecule has 0 saturated carbocycles. The largest absolute Gasteiger partial charge is 0.417 e. The van der Waals surface area contributed by atoms with Crippen LogP contribution < -0.4 is 10.6 Å². The van der Waals surface area contributed by atoms with Crippen molar-refractivity contribution in [2.45, 2.75) is 25.1 Å². The summed E-state index contributed by atoms with van der Waals surface area (Å²) in [7, 11) is 0. The number of nitrogens with one attached hydrogen (secondary N) is 1. The molecule has 6 nitrogen and oxygen atoms in total. The van der Waals surface area contributed by atoms with Crippen LogP contribution in [0, 0.1) is 0 Å². The molecule has 2 aromatic carbocycles. The Morgan fingerprint density at radius 1 is 1.07 bits per heavy atom. The number of alkyl halides is 3. The molecule has 1 fully saturated rings. The maximum absolute atomic E-state index is 13.5. The molecule has 1 N–H and O–H groups in total. The van der Waals surface area contributed by atoms with E-state index in [1.807, 2.05) is 24.3 Å². The summed E-state index contributed by atoms with van der Waals surface area (Å²) in [5.74, 6) is 0.206. The van der Waals surface area contributed by atoms with Crippen LogP contribution in [0.4, 0.5) is 19.0 Å². The summed E-state index contributed by atoms with van der Waals surface area (Å²) in [5.41, 5.74) is 0.807. The molecule has 3 heterocycles. The number of halogens is 3. The number of rotatable bonds is 2. The highest BCUT2D eigenvalue weighted by Gasteiger charge is 2.36. The summed E-state index contributed by atoms with van der Waals surface area (Å²) < 4.78 is 47.3. The Kier molecular flexibility index (Phi) is 3.94. The maximum atomic E-state index is 13.5. The monoisotopic (exact) mass is 402 g/mol. The van der Waals surface area contributed by atoms with E-state index in [1.165, 1.54) is 12.1 Å². The minimum absolute atomic E-state index is 0.0114. The van der Waals surface area contributed by atoms with Crippen molar-refractivity contribution in [2.24, 2.45) is 0 Å². The molecule has 0 unspecified atom stereocenters. The first-order chi connectivity index (χ1) is 13.9. The highest BCUT2D eigenvalue weighted by atomic mass is 19.4. The van der Waals surface area contributed by atoms with Gasteiger partial charge in [0.05, 0.1) is 22.0 Å². The smallest absolute Gasteiger partial charge is 0.354 e. The SMILES string of the molecule is O=c1[nH]c2ccccc2n1C1CCN(c2noc3cccc(C(F)(F)F)c23)CC1. The Labute approximate surface area is 162 Å². The first-order valence-corrected chi connectivity index (χ1v) is 9.33. The second-order valence-corrected chi connectivity index (χ2v) is 7.22. The summed E-state index contributed by atoms with van der Waals surface area (Å²) in [5, 5.41) is 3.91. The van der Waals surface area contributed by atoms with Gasteiger partial charge in [0, 0.05) is 19.1 Å². The van der Waals surface area contributed by atoms with Crippen LogP contribution in [0.1, 0.15) is 24.4 Å². The van der Waals surface area contributed by atoms with Crippen molar-refractivity contribution in [1.82, 2.24) is 14.7 Å². The highest BCUT2D eigenvalue weighted by molar-refractivity contribution is 5.92. The summed E-state index contributed by atoms with van der Waals surface area (Å²) in [6.07, 6.45) is -3.26. The third-order valence-electron chi connectivity index (χ3n) is 5.54. The molecule has 0 radical (unpaired) electrons. The minimum Gasteiger partial charge on any atom is -0.354 e. The minimum atomic E-state index is -4.49. The van der Waals surface area contributed by atoms with Crippen LogP contribution >= 0.6 is 0 Å². The number of para-hydroxylation sites is 2. The van der Waals surface area contributed by atoms with Gasteiger partial charge in [-0.2, -0.15) is 13.2 Å². The fraction of sp³-hybridized carbons (Fsp3) is 0.300. The first kappa shape index (κ1) is 17.8. The van der Waals surface area contributed by atoms with Crippen LogP contribution in [-0.2, 0) is 6.18 Å². The third kappa shape index (κ3) is 2.88. The number of aromatic amines is 1. The molecule has 4 aromatic rings. The lowest BCUT2D eigenvalue weighted by atomic mass is 10.0. The number of benzene rings is 2. The summed E-state index contributed by atoms with van der Waals surface area (Å²) in [6.45, 7) is 0.953. The highest BCUT2D eigenvalue weighted by Crippen LogP contribution is 2.40.